The van der Waals surface area contributed by atoms with Crippen LogP contribution < -0.4 is 23.4 Å². The van der Waals surface area contributed by atoms with Gasteiger partial charge in [0.05, 0.1) is 39.8 Å². The van der Waals surface area contributed by atoms with E-state index in [1.165, 1.54) is 47.5 Å². The Kier molecular flexibility index (Phi) is 7.99. The van der Waals surface area contributed by atoms with Crippen molar-refractivity contribution in [2.75, 3.05) is 32.9 Å². The van der Waals surface area contributed by atoms with Crippen LogP contribution in [0.1, 0.15) is 6.92 Å². The van der Waals surface area contributed by atoms with Crippen LogP contribution in [0.25, 0.3) is 0 Å². The van der Waals surface area contributed by atoms with Gasteiger partial charge in [0.2, 0.25) is 6.04 Å². The van der Waals surface area contributed by atoms with E-state index in [1.807, 2.05) is 0 Å². The molecule has 0 aliphatic carbocycles. The number of carbonyl (C=O) groups excluding carboxylic acids is 2. The van der Waals surface area contributed by atoms with Gasteiger partial charge in [0.25, 0.3) is 5.91 Å². The van der Waals surface area contributed by atoms with Crippen molar-refractivity contribution in [2.45, 2.75) is 13.0 Å². The number of azo groups is 1. The van der Waals surface area contributed by atoms with Gasteiger partial charge in [0.1, 0.15) is 23.0 Å². The molecule has 2 aromatic rings. The van der Waals surface area contributed by atoms with E-state index in [0.717, 1.165) is 4.42 Å². The molecule has 0 aliphatic rings. The van der Waals surface area contributed by atoms with Crippen LogP contribution in [-0.2, 0) is 9.59 Å². The van der Waals surface area contributed by atoms with Gasteiger partial charge in [-0.3, -0.25) is 9.59 Å². The molecule has 1 atom stereocenters. The van der Waals surface area contributed by atoms with Gasteiger partial charge in [0.15, 0.2) is 5.78 Å². The summed E-state index contributed by atoms with van der Waals surface area (Å²) in [7, 11) is 5.92. The normalized spacial score (nSPS) is 11.7. The minimum atomic E-state index is -1.45. The maximum absolute atomic E-state index is 12.8. The van der Waals surface area contributed by atoms with E-state index < -0.39 is 17.7 Å². The van der Waals surface area contributed by atoms with Crippen LogP contribution in [0.5, 0.6) is 23.0 Å². The highest BCUT2D eigenvalue weighted by Crippen LogP contribution is 2.31. The Morgan fingerprint density at radius 2 is 1.27 bits per heavy atom. The standard InChI is InChI=1S/C20H22ClN3O6/c1-12(25)19(23-22-13-6-15(27-2)10-16(7-13)28-3)20(26)24(21)14-8-17(29-4)11-18(9-14)30-5/h6-11,19H,1-5H3. The van der Waals surface area contributed by atoms with Gasteiger partial charge in [-0.25, -0.2) is 4.42 Å². The van der Waals surface area contributed by atoms with Crippen LogP contribution in [0.15, 0.2) is 46.6 Å². The van der Waals surface area contributed by atoms with Gasteiger partial charge in [-0.05, 0) is 6.92 Å². The summed E-state index contributed by atoms with van der Waals surface area (Å²) < 4.78 is 21.5. The van der Waals surface area contributed by atoms with Crippen LogP contribution in [-0.4, -0.2) is 46.2 Å². The zero-order valence-electron chi connectivity index (χ0n) is 17.2. The number of ether oxygens (including phenoxy) is 4. The summed E-state index contributed by atoms with van der Waals surface area (Å²) in [6, 6.07) is 8.04. The number of amides is 1. The number of anilines is 1. The quantitative estimate of drug-likeness (QED) is 0.336. The molecule has 0 radical (unpaired) electrons. The fraction of sp³-hybridized carbons (Fsp3) is 0.300. The molecule has 10 heteroatoms. The fourth-order valence-electron chi connectivity index (χ4n) is 2.42. The number of hydrogen-bond donors (Lipinski definition) is 0. The Balaban J connectivity index is 2.33. The van der Waals surface area contributed by atoms with E-state index in [9.17, 15) is 9.59 Å². The smallest absolute Gasteiger partial charge is 0.276 e. The second-order valence-electron chi connectivity index (χ2n) is 5.99. The van der Waals surface area contributed by atoms with Gasteiger partial charge in [-0.1, -0.05) is 0 Å². The van der Waals surface area contributed by atoms with E-state index in [-0.39, 0.29) is 5.69 Å². The van der Waals surface area contributed by atoms with Crippen molar-refractivity contribution < 1.29 is 28.5 Å². The molecule has 0 saturated carbocycles. The minimum Gasteiger partial charge on any atom is -0.497 e. The van der Waals surface area contributed by atoms with E-state index in [4.69, 9.17) is 30.7 Å². The van der Waals surface area contributed by atoms with E-state index in [2.05, 4.69) is 10.2 Å². The van der Waals surface area contributed by atoms with Crippen molar-refractivity contribution >= 4 is 34.8 Å². The molecule has 0 aromatic heterocycles. The highest BCUT2D eigenvalue weighted by atomic mass is 35.5. The highest BCUT2D eigenvalue weighted by molar-refractivity contribution is 6.39. The van der Waals surface area contributed by atoms with Gasteiger partial charge in [0, 0.05) is 48.2 Å². The van der Waals surface area contributed by atoms with Crippen molar-refractivity contribution in [3.63, 3.8) is 0 Å². The van der Waals surface area contributed by atoms with E-state index >= 15 is 0 Å². The van der Waals surface area contributed by atoms with Gasteiger partial charge >= 0.3 is 0 Å². The number of Topliss-reactive ketones (excluding diaryl/α,β-unsaturated/α-hetero) is 1. The minimum absolute atomic E-state index is 0.252. The summed E-state index contributed by atoms with van der Waals surface area (Å²) in [5.41, 5.74) is 0.594. The number of rotatable bonds is 9. The Morgan fingerprint density at radius 3 is 1.67 bits per heavy atom. The van der Waals surface area contributed by atoms with Crippen molar-refractivity contribution in [1.29, 1.82) is 0 Å². The zero-order chi connectivity index (χ0) is 22.3. The van der Waals surface area contributed by atoms with Crippen molar-refractivity contribution in [3.8, 4) is 23.0 Å². The number of benzene rings is 2. The largest absolute Gasteiger partial charge is 0.497 e. The number of halogens is 1. The van der Waals surface area contributed by atoms with Crippen molar-refractivity contribution in [3.05, 3.63) is 36.4 Å². The molecule has 30 heavy (non-hydrogen) atoms. The van der Waals surface area contributed by atoms with Gasteiger partial charge in [-0.15, -0.1) is 0 Å². The first-order valence-electron chi connectivity index (χ1n) is 8.70. The first-order chi connectivity index (χ1) is 14.3. The molecule has 0 fully saturated rings. The highest BCUT2D eigenvalue weighted by Gasteiger charge is 2.29. The maximum Gasteiger partial charge on any atom is 0.276 e. The molecular weight excluding hydrogens is 414 g/mol. The summed E-state index contributed by atoms with van der Waals surface area (Å²) >= 11 is 6.21. The van der Waals surface area contributed by atoms with Crippen LogP contribution >= 0.6 is 11.8 Å². The average Bonchev–Trinajstić information content (AvgIpc) is 2.77. The molecule has 2 rings (SSSR count). The van der Waals surface area contributed by atoms with Gasteiger partial charge in [-0.2, -0.15) is 10.2 Å². The molecule has 0 spiro atoms. The van der Waals surface area contributed by atoms with Crippen LogP contribution in [0.2, 0.25) is 0 Å². The maximum atomic E-state index is 12.8. The first-order valence-corrected chi connectivity index (χ1v) is 9.04. The van der Waals surface area contributed by atoms with Crippen molar-refractivity contribution in [2.24, 2.45) is 10.2 Å². The first kappa shape index (κ1) is 23.0. The van der Waals surface area contributed by atoms with Crippen molar-refractivity contribution in [1.82, 2.24) is 0 Å². The van der Waals surface area contributed by atoms with Crippen LogP contribution in [0, 0.1) is 0 Å². The molecule has 0 bridgehead atoms. The monoisotopic (exact) mass is 435 g/mol. The third-order valence-electron chi connectivity index (χ3n) is 4.00. The molecule has 1 amide bonds. The second kappa shape index (κ2) is 10.4. The summed E-state index contributed by atoms with van der Waals surface area (Å²) in [5.74, 6) is 0.504. The van der Waals surface area contributed by atoms with E-state index in [0.29, 0.717) is 28.7 Å². The summed E-state index contributed by atoms with van der Waals surface area (Å²) in [5, 5.41) is 7.90. The summed E-state index contributed by atoms with van der Waals surface area (Å²) in [6.07, 6.45) is 0. The molecular formula is C20H22ClN3O6. The lowest BCUT2D eigenvalue weighted by atomic mass is 10.2. The number of hydrogen-bond acceptors (Lipinski definition) is 8. The second-order valence-corrected chi connectivity index (χ2v) is 6.33. The Bertz CT molecular complexity index is 906. The Morgan fingerprint density at radius 1 is 0.833 bits per heavy atom. The number of nitrogens with zero attached hydrogens (tertiary/aromatic N) is 3. The third-order valence-corrected chi connectivity index (χ3v) is 4.36. The number of methoxy groups -OCH3 is 4. The molecule has 1 unspecified atom stereocenters. The Labute approximate surface area is 179 Å². The lowest BCUT2D eigenvalue weighted by Crippen LogP contribution is -2.36. The average molecular weight is 436 g/mol. The van der Waals surface area contributed by atoms with Crippen LogP contribution in [0.4, 0.5) is 11.4 Å². The van der Waals surface area contributed by atoms with E-state index in [1.54, 1.807) is 24.3 Å². The molecule has 9 nitrogen and oxygen atoms in total. The molecule has 0 aliphatic heterocycles. The predicted molar refractivity (Wildman–Crippen MR) is 111 cm³/mol. The predicted octanol–water partition coefficient (Wildman–Crippen LogP) is 3.95. The fourth-order valence-corrected chi connectivity index (χ4v) is 2.61. The third kappa shape index (κ3) is 5.60. The topological polar surface area (TPSA) is 99.0 Å². The number of carbonyl (C=O) groups is 2. The molecule has 0 heterocycles. The summed E-state index contributed by atoms with van der Waals surface area (Å²) in [4.78, 5) is 24.9. The van der Waals surface area contributed by atoms with Gasteiger partial charge < -0.3 is 18.9 Å². The lowest BCUT2D eigenvalue weighted by Gasteiger charge is -2.18. The molecule has 0 N–H and O–H groups in total. The summed E-state index contributed by atoms with van der Waals surface area (Å²) in [6.45, 7) is 1.23. The number of ketones is 1. The van der Waals surface area contributed by atoms with Crippen LogP contribution in [0.3, 0.4) is 0 Å². The molecule has 0 saturated heterocycles. The molecule has 160 valence electrons. The molecule has 2 aromatic carbocycles. The lowest BCUT2D eigenvalue weighted by molar-refractivity contribution is -0.126. The zero-order valence-corrected chi connectivity index (χ0v) is 18.0. The SMILES string of the molecule is COc1cc(N=NC(C(C)=O)C(=O)N(Cl)c2cc(OC)cc(OC)c2)cc(OC)c1. The Hall–Kier alpha value is -3.33.